The van der Waals surface area contributed by atoms with Crippen LogP contribution in [0.1, 0.15) is 42.5 Å². The van der Waals surface area contributed by atoms with Crippen molar-refractivity contribution in [3.63, 3.8) is 0 Å². The van der Waals surface area contributed by atoms with Crippen LogP contribution in [0.15, 0.2) is 54.1 Å². The highest BCUT2D eigenvalue weighted by atomic mass is 19.1. The number of nitrogens with one attached hydrogen (secondary N) is 1. The third-order valence-corrected chi connectivity index (χ3v) is 6.83. The molecule has 6 nitrogen and oxygen atoms in total. The Labute approximate surface area is 201 Å². The smallest absolute Gasteiger partial charge is 0.258 e. The van der Waals surface area contributed by atoms with Gasteiger partial charge in [-0.2, -0.15) is 0 Å². The van der Waals surface area contributed by atoms with E-state index in [1.165, 1.54) is 11.0 Å². The zero-order chi connectivity index (χ0) is 24.2. The fourth-order valence-electron chi connectivity index (χ4n) is 4.61. The van der Waals surface area contributed by atoms with Gasteiger partial charge < -0.3 is 20.0 Å². The first kappa shape index (κ1) is 24.0. The molecule has 180 valence electrons. The molecule has 2 aliphatic rings. The quantitative estimate of drug-likeness (QED) is 0.674. The van der Waals surface area contributed by atoms with Gasteiger partial charge in [0.05, 0.1) is 5.69 Å². The molecule has 1 N–H and O–H groups in total. The fraction of sp³-hybridized carbons (Fsp3) is 0.407. The predicted octanol–water partition coefficient (Wildman–Crippen LogP) is 4.68. The first-order valence-electron chi connectivity index (χ1n) is 11.9. The summed E-state index contributed by atoms with van der Waals surface area (Å²) < 4.78 is 14.9. The highest BCUT2D eigenvalue weighted by molar-refractivity contribution is 6.07. The Bertz CT molecular complexity index is 1080. The summed E-state index contributed by atoms with van der Waals surface area (Å²) in [7, 11) is 5.73. The molecule has 1 unspecified atom stereocenters. The number of halogens is 1. The van der Waals surface area contributed by atoms with Gasteiger partial charge in [0.2, 0.25) is 0 Å². The Morgan fingerprint density at radius 3 is 2.44 bits per heavy atom. The second kappa shape index (κ2) is 10.4. The molecule has 2 aromatic carbocycles. The van der Waals surface area contributed by atoms with Crippen molar-refractivity contribution < 1.29 is 14.0 Å². The third kappa shape index (κ3) is 5.30. The van der Waals surface area contributed by atoms with E-state index in [0.717, 1.165) is 50.8 Å². The summed E-state index contributed by atoms with van der Waals surface area (Å²) >= 11 is 0. The number of nitrogens with zero attached hydrogens (tertiary/aromatic N) is 3. The van der Waals surface area contributed by atoms with Crippen molar-refractivity contribution in [3.8, 4) is 0 Å². The molecule has 1 fully saturated rings. The van der Waals surface area contributed by atoms with Gasteiger partial charge in [0.25, 0.3) is 11.8 Å². The topological polar surface area (TPSA) is 55.9 Å². The number of rotatable bonds is 6. The van der Waals surface area contributed by atoms with Gasteiger partial charge in [-0.3, -0.25) is 9.59 Å². The summed E-state index contributed by atoms with van der Waals surface area (Å²) in [5.41, 5.74) is 3.00. The van der Waals surface area contributed by atoms with Gasteiger partial charge in [0.15, 0.2) is 0 Å². The van der Waals surface area contributed by atoms with E-state index < -0.39 is 0 Å². The minimum atomic E-state index is -0.327. The minimum absolute atomic E-state index is 0.0821. The lowest BCUT2D eigenvalue weighted by molar-refractivity contribution is -0.113. The largest absolute Gasteiger partial charge is 0.368 e. The van der Waals surface area contributed by atoms with Crippen LogP contribution >= 0.6 is 0 Å². The molecule has 2 amide bonds. The first-order chi connectivity index (χ1) is 16.3. The number of allylic oxidation sites excluding steroid dienone is 1. The number of likely N-dealkylation sites (N-methyl/N-ethyl adjacent to an activating group) is 1. The number of carbonyl (C=O) groups excluding carboxylic acids is 2. The minimum Gasteiger partial charge on any atom is -0.368 e. The Morgan fingerprint density at radius 2 is 1.82 bits per heavy atom. The molecule has 2 aromatic rings. The van der Waals surface area contributed by atoms with Crippen molar-refractivity contribution in [2.45, 2.75) is 38.1 Å². The van der Waals surface area contributed by atoms with Crippen LogP contribution in [-0.2, 0) is 4.79 Å². The molecule has 34 heavy (non-hydrogen) atoms. The van der Waals surface area contributed by atoms with E-state index in [1.54, 1.807) is 43.4 Å². The van der Waals surface area contributed by atoms with E-state index in [0.29, 0.717) is 28.7 Å². The molecular formula is C27H33FN4O2. The Balaban J connectivity index is 1.40. The molecule has 7 heteroatoms. The summed E-state index contributed by atoms with van der Waals surface area (Å²) in [6.45, 7) is 1.60. The van der Waals surface area contributed by atoms with E-state index in [1.807, 2.05) is 20.2 Å². The van der Waals surface area contributed by atoms with E-state index in [4.69, 9.17) is 0 Å². The lowest BCUT2D eigenvalue weighted by Gasteiger charge is -2.24. The van der Waals surface area contributed by atoms with Gasteiger partial charge >= 0.3 is 0 Å². The van der Waals surface area contributed by atoms with Gasteiger partial charge in [-0.15, -0.1) is 0 Å². The number of hydrogen-bond acceptors (Lipinski definition) is 4. The second-order valence-corrected chi connectivity index (χ2v) is 9.36. The van der Waals surface area contributed by atoms with Crippen molar-refractivity contribution in [1.29, 1.82) is 0 Å². The van der Waals surface area contributed by atoms with Crippen LogP contribution in [-0.4, -0.2) is 57.0 Å². The number of carbonyl (C=O) groups is 2. The molecule has 1 aliphatic heterocycles. The number of benzene rings is 2. The molecule has 0 radical (unpaired) electrons. The summed E-state index contributed by atoms with van der Waals surface area (Å²) in [4.78, 5) is 31.0. The molecule has 1 aliphatic carbocycles. The standard InChI is InChI=1S/C27H33FN4O2/c1-30(2)23-15-16-32(18-23)25-14-13-22(17-24(25)28)31(3)27(34)20-9-11-21(12-10-20)29-26(33)19-7-5-4-6-8-19/h7,9-14,17,23H,4-6,8,15-16,18H2,1-3H3,(H,29,33). The van der Waals surface area contributed by atoms with Crippen LogP contribution in [0.4, 0.5) is 21.5 Å². The molecule has 1 saturated heterocycles. The fourth-order valence-corrected chi connectivity index (χ4v) is 4.61. The van der Waals surface area contributed by atoms with Crippen LogP contribution in [0.3, 0.4) is 0 Å². The van der Waals surface area contributed by atoms with Crippen LogP contribution in [0, 0.1) is 5.82 Å². The summed E-state index contributed by atoms with van der Waals surface area (Å²) in [5.74, 6) is -0.651. The van der Waals surface area contributed by atoms with Crippen LogP contribution in [0.5, 0.6) is 0 Å². The van der Waals surface area contributed by atoms with E-state index >= 15 is 0 Å². The lowest BCUT2D eigenvalue weighted by atomic mass is 9.99. The van der Waals surface area contributed by atoms with Crippen molar-refractivity contribution in [2.24, 2.45) is 0 Å². The van der Waals surface area contributed by atoms with Crippen LogP contribution < -0.4 is 15.1 Å². The Kier molecular flexibility index (Phi) is 7.32. The molecule has 0 spiro atoms. The average molecular weight is 465 g/mol. The SMILES string of the molecule is CN(C(=O)c1ccc(NC(=O)C2=CCCCC2)cc1)c1ccc(N2CCC(N(C)C)C2)c(F)c1. The van der Waals surface area contributed by atoms with Gasteiger partial charge in [-0.05, 0) is 88.7 Å². The maximum atomic E-state index is 14.9. The van der Waals surface area contributed by atoms with E-state index in [2.05, 4.69) is 15.1 Å². The van der Waals surface area contributed by atoms with Crippen molar-refractivity contribution in [1.82, 2.24) is 4.90 Å². The molecule has 0 saturated carbocycles. The third-order valence-electron chi connectivity index (χ3n) is 6.83. The van der Waals surface area contributed by atoms with Crippen molar-refractivity contribution >= 4 is 28.9 Å². The Morgan fingerprint density at radius 1 is 1.06 bits per heavy atom. The molecule has 0 bridgehead atoms. The highest BCUT2D eigenvalue weighted by Gasteiger charge is 2.26. The van der Waals surface area contributed by atoms with Gasteiger partial charge in [0.1, 0.15) is 5.82 Å². The zero-order valence-electron chi connectivity index (χ0n) is 20.2. The molecule has 1 atom stereocenters. The second-order valence-electron chi connectivity index (χ2n) is 9.36. The molecule has 0 aromatic heterocycles. The lowest BCUT2D eigenvalue weighted by Crippen LogP contribution is -2.31. The summed E-state index contributed by atoms with van der Waals surface area (Å²) in [6, 6.07) is 12.2. The number of amides is 2. The van der Waals surface area contributed by atoms with E-state index in [9.17, 15) is 14.0 Å². The Hall–Kier alpha value is -3.19. The summed E-state index contributed by atoms with van der Waals surface area (Å²) in [5, 5.41) is 2.90. The van der Waals surface area contributed by atoms with Crippen molar-refractivity contribution in [3.05, 3.63) is 65.5 Å². The zero-order valence-corrected chi connectivity index (χ0v) is 20.2. The van der Waals surface area contributed by atoms with Crippen LogP contribution in [0.25, 0.3) is 0 Å². The normalized spacial score (nSPS) is 18.1. The van der Waals surface area contributed by atoms with Gasteiger partial charge in [0, 0.05) is 48.7 Å². The average Bonchev–Trinajstić information content (AvgIpc) is 3.34. The highest BCUT2D eigenvalue weighted by Crippen LogP contribution is 2.29. The molecule has 4 rings (SSSR count). The van der Waals surface area contributed by atoms with Gasteiger partial charge in [-0.1, -0.05) is 6.08 Å². The number of hydrogen-bond donors (Lipinski definition) is 1. The van der Waals surface area contributed by atoms with Gasteiger partial charge in [-0.25, -0.2) is 4.39 Å². The molecular weight excluding hydrogens is 431 g/mol. The maximum Gasteiger partial charge on any atom is 0.258 e. The van der Waals surface area contributed by atoms with Crippen molar-refractivity contribution in [2.75, 3.05) is 49.3 Å². The monoisotopic (exact) mass is 464 g/mol. The maximum absolute atomic E-state index is 14.9. The van der Waals surface area contributed by atoms with Crippen LogP contribution in [0.2, 0.25) is 0 Å². The first-order valence-corrected chi connectivity index (χ1v) is 11.9. The molecule has 1 heterocycles. The predicted molar refractivity (Wildman–Crippen MR) is 135 cm³/mol. The summed E-state index contributed by atoms with van der Waals surface area (Å²) in [6.07, 6.45) is 6.91. The van der Waals surface area contributed by atoms with E-state index in [-0.39, 0.29) is 17.6 Å². The number of anilines is 3.